The fraction of sp³-hybridized carbons (Fsp3) is 0.0667. The standard InChI is InChI=1S/C15H13NO2/c17-11-13-8-4-5-9-14(13)16-15(18)10-12-6-2-1-3-7-12/h1-9,11H,10H2,(H,16,18). The van der Waals surface area contributed by atoms with Gasteiger partial charge in [-0.15, -0.1) is 0 Å². The van der Waals surface area contributed by atoms with Gasteiger partial charge in [-0.1, -0.05) is 42.5 Å². The number of carbonyl (C=O) groups excluding carboxylic acids is 2. The van der Waals surface area contributed by atoms with Crippen LogP contribution in [0.3, 0.4) is 0 Å². The molecule has 2 aromatic carbocycles. The lowest BCUT2D eigenvalue weighted by atomic mass is 10.1. The van der Waals surface area contributed by atoms with Gasteiger partial charge in [-0.2, -0.15) is 0 Å². The highest BCUT2D eigenvalue weighted by Crippen LogP contribution is 2.13. The minimum Gasteiger partial charge on any atom is -0.325 e. The van der Waals surface area contributed by atoms with Crippen LogP contribution in [0.2, 0.25) is 0 Å². The number of carbonyl (C=O) groups is 2. The Labute approximate surface area is 105 Å². The number of hydrogen-bond donors (Lipinski definition) is 1. The van der Waals surface area contributed by atoms with Gasteiger partial charge in [0.05, 0.1) is 12.1 Å². The summed E-state index contributed by atoms with van der Waals surface area (Å²) >= 11 is 0. The van der Waals surface area contributed by atoms with Crippen molar-refractivity contribution in [2.24, 2.45) is 0 Å². The van der Waals surface area contributed by atoms with E-state index < -0.39 is 0 Å². The van der Waals surface area contributed by atoms with Crippen molar-refractivity contribution in [1.82, 2.24) is 0 Å². The minimum absolute atomic E-state index is 0.129. The topological polar surface area (TPSA) is 46.2 Å². The number of hydrogen-bond acceptors (Lipinski definition) is 2. The second-order valence-electron chi connectivity index (χ2n) is 3.92. The Kier molecular flexibility index (Phi) is 3.86. The van der Waals surface area contributed by atoms with Crippen LogP contribution in [0.1, 0.15) is 15.9 Å². The summed E-state index contributed by atoms with van der Waals surface area (Å²) in [5, 5.41) is 2.74. The molecule has 0 aliphatic carbocycles. The van der Waals surface area contributed by atoms with E-state index >= 15 is 0 Å². The fourth-order valence-corrected chi connectivity index (χ4v) is 1.69. The van der Waals surface area contributed by atoms with Crippen molar-refractivity contribution >= 4 is 17.9 Å². The molecule has 0 bridgehead atoms. The molecule has 2 aromatic rings. The lowest BCUT2D eigenvalue weighted by molar-refractivity contribution is -0.115. The van der Waals surface area contributed by atoms with Crippen LogP contribution in [0, 0.1) is 0 Å². The summed E-state index contributed by atoms with van der Waals surface area (Å²) in [6.45, 7) is 0. The first-order valence-corrected chi connectivity index (χ1v) is 5.67. The Morgan fingerprint density at radius 1 is 1.00 bits per heavy atom. The van der Waals surface area contributed by atoms with Crippen molar-refractivity contribution in [2.45, 2.75) is 6.42 Å². The zero-order valence-corrected chi connectivity index (χ0v) is 9.80. The van der Waals surface area contributed by atoms with Gasteiger partial charge in [-0.25, -0.2) is 0 Å². The molecule has 0 saturated heterocycles. The van der Waals surface area contributed by atoms with Crippen molar-refractivity contribution in [3.63, 3.8) is 0 Å². The van der Waals surface area contributed by atoms with Crippen molar-refractivity contribution in [3.8, 4) is 0 Å². The molecule has 18 heavy (non-hydrogen) atoms. The van der Waals surface area contributed by atoms with E-state index in [1.54, 1.807) is 24.3 Å². The van der Waals surface area contributed by atoms with Gasteiger partial charge in [0.1, 0.15) is 0 Å². The van der Waals surface area contributed by atoms with Gasteiger partial charge in [-0.3, -0.25) is 9.59 Å². The third kappa shape index (κ3) is 3.04. The molecule has 0 unspecified atom stereocenters. The number of amides is 1. The molecule has 90 valence electrons. The Balaban J connectivity index is 2.05. The van der Waals surface area contributed by atoms with Crippen LogP contribution in [0.5, 0.6) is 0 Å². The summed E-state index contributed by atoms with van der Waals surface area (Å²) < 4.78 is 0. The van der Waals surface area contributed by atoms with Gasteiger partial charge in [-0.05, 0) is 17.7 Å². The molecule has 0 saturated carbocycles. The van der Waals surface area contributed by atoms with Crippen molar-refractivity contribution in [3.05, 3.63) is 65.7 Å². The van der Waals surface area contributed by atoms with Crippen LogP contribution in [0.15, 0.2) is 54.6 Å². The molecule has 0 radical (unpaired) electrons. The summed E-state index contributed by atoms with van der Waals surface area (Å²) in [4.78, 5) is 22.6. The highest BCUT2D eigenvalue weighted by Gasteiger charge is 2.06. The smallest absolute Gasteiger partial charge is 0.228 e. The molecule has 0 aliphatic heterocycles. The van der Waals surface area contributed by atoms with E-state index in [2.05, 4.69) is 5.32 Å². The summed E-state index contributed by atoms with van der Waals surface area (Å²) in [5.74, 6) is -0.129. The van der Waals surface area contributed by atoms with E-state index in [0.29, 0.717) is 17.7 Å². The first kappa shape index (κ1) is 12.0. The first-order chi connectivity index (χ1) is 8.79. The fourth-order valence-electron chi connectivity index (χ4n) is 1.69. The summed E-state index contributed by atoms with van der Waals surface area (Å²) in [6, 6.07) is 16.4. The van der Waals surface area contributed by atoms with Crippen molar-refractivity contribution in [1.29, 1.82) is 0 Å². The summed E-state index contributed by atoms with van der Waals surface area (Å²) in [7, 11) is 0. The van der Waals surface area contributed by atoms with Gasteiger partial charge in [0, 0.05) is 5.56 Å². The molecule has 0 aliphatic rings. The third-order valence-corrected chi connectivity index (χ3v) is 2.57. The van der Waals surface area contributed by atoms with Gasteiger partial charge in [0.2, 0.25) is 5.91 Å². The molecule has 0 aromatic heterocycles. The largest absolute Gasteiger partial charge is 0.325 e. The molecule has 1 amide bonds. The van der Waals surface area contributed by atoms with Gasteiger partial charge in [0.15, 0.2) is 6.29 Å². The van der Waals surface area contributed by atoms with Gasteiger partial charge >= 0.3 is 0 Å². The Bertz CT molecular complexity index is 549. The maximum atomic E-state index is 11.8. The van der Waals surface area contributed by atoms with E-state index in [4.69, 9.17) is 0 Å². The number of para-hydroxylation sites is 1. The number of anilines is 1. The summed E-state index contributed by atoms with van der Waals surface area (Å²) in [6.07, 6.45) is 1.03. The van der Waals surface area contributed by atoms with Crippen LogP contribution < -0.4 is 5.32 Å². The van der Waals surface area contributed by atoms with Crippen molar-refractivity contribution in [2.75, 3.05) is 5.32 Å². The molecular formula is C15H13NO2. The monoisotopic (exact) mass is 239 g/mol. The predicted octanol–water partition coefficient (Wildman–Crippen LogP) is 2.68. The molecule has 2 rings (SSSR count). The van der Waals surface area contributed by atoms with E-state index in [-0.39, 0.29) is 5.91 Å². The Morgan fingerprint density at radius 3 is 2.39 bits per heavy atom. The number of rotatable bonds is 4. The number of benzene rings is 2. The maximum Gasteiger partial charge on any atom is 0.228 e. The van der Waals surface area contributed by atoms with Crippen molar-refractivity contribution < 1.29 is 9.59 Å². The molecule has 1 N–H and O–H groups in total. The normalized spacial score (nSPS) is 9.78. The van der Waals surface area contributed by atoms with Crippen LogP contribution >= 0.6 is 0 Å². The molecule has 3 heteroatoms. The van der Waals surface area contributed by atoms with E-state index in [1.165, 1.54) is 0 Å². The number of nitrogens with one attached hydrogen (secondary N) is 1. The third-order valence-electron chi connectivity index (χ3n) is 2.57. The predicted molar refractivity (Wildman–Crippen MR) is 70.6 cm³/mol. The average molecular weight is 239 g/mol. The lowest BCUT2D eigenvalue weighted by Gasteiger charge is -2.07. The molecule has 0 spiro atoms. The molecule has 0 heterocycles. The van der Waals surface area contributed by atoms with Crippen LogP contribution in [-0.2, 0) is 11.2 Å². The van der Waals surface area contributed by atoms with Crippen LogP contribution in [-0.4, -0.2) is 12.2 Å². The first-order valence-electron chi connectivity index (χ1n) is 5.67. The minimum atomic E-state index is -0.129. The SMILES string of the molecule is O=Cc1ccccc1NC(=O)Cc1ccccc1. The molecule has 0 atom stereocenters. The second-order valence-corrected chi connectivity index (χ2v) is 3.92. The maximum absolute atomic E-state index is 11.8. The number of aldehydes is 1. The quantitative estimate of drug-likeness (QED) is 0.834. The second kappa shape index (κ2) is 5.77. The van der Waals surface area contributed by atoms with Crippen LogP contribution in [0.4, 0.5) is 5.69 Å². The molecule has 3 nitrogen and oxygen atoms in total. The molecular weight excluding hydrogens is 226 g/mol. The van der Waals surface area contributed by atoms with Gasteiger partial charge in [0.25, 0.3) is 0 Å². The highest BCUT2D eigenvalue weighted by molar-refractivity contribution is 5.97. The van der Waals surface area contributed by atoms with E-state index in [1.807, 2.05) is 30.3 Å². The zero-order valence-electron chi connectivity index (χ0n) is 9.80. The van der Waals surface area contributed by atoms with E-state index in [9.17, 15) is 9.59 Å². The summed E-state index contributed by atoms with van der Waals surface area (Å²) in [5.41, 5.74) is 1.98. The van der Waals surface area contributed by atoms with E-state index in [0.717, 1.165) is 11.8 Å². The Hall–Kier alpha value is -2.42. The Morgan fingerprint density at radius 2 is 1.67 bits per heavy atom. The lowest BCUT2D eigenvalue weighted by Crippen LogP contribution is -2.15. The average Bonchev–Trinajstić information content (AvgIpc) is 2.40. The van der Waals surface area contributed by atoms with Crippen LogP contribution in [0.25, 0.3) is 0 Å². The van der Waals surface area contributed by atoms with Gasteiger partial charge < -0.3 is 5.32 Å². The highest BCUT2D eigenvalue weighted by atomic mass is 16.1. The molecule has 0 fully saturated rings. The zero-order chi connectivity index (χ0) is 12.8.